The molecule has 2 aromatic rings. The fourth-order valence-corrected chi connectivity index (χ4v) is 7.90. The predicted octanol–water partition coefficient (Wildman–Crippen LogP) is 8.02. The first-order chi connectivity index (χ1) is 23.2. The lowest BCUT2D eigenvalue weighted by Crippen LogP contribution is -2.61. The third-order valence-corrected chi connectivity index (χ3v) is 9.79. The molecule has 0 spiro atoms. The number of hydrogen-bond acceptors (Lipinski definition) is 7. The number of aromatic nitrogens is 2. The van der Waals surface area contributed by atoms with Gasteiger partial charge in [-0.2, -0.15) is 26.3 Å². The first-order valence-electron chi connectivity index (χ1n) is 16.7. The van der Waals surface area contributed by atoms with Crippen molar-refractivity contribution < 1.29 is 55.2 Å². The summed E-state index contributed by atoms with van der Waals surface area (Å²) >= 11 is 0. The van der Waals surface area contributed by atoms with Crippen molar-refractivity contribution in [2.45, 2.75) is 116 Å². The molecular formula is C35H45F6N3O6. The van der Waals surface area contributed by atoms with Crippen molar-refractivity contribution in [3.8, 4) is 11.8 Å². The van der Waals surface area contributed by atoms with E-state index in [1.165, 1.54) is 19.4 Å². The molecule has 2 aromatic heterocycles. The highest BCUT2D eigenvalue weighted by atomic mass is 19.4. The Morgan fingerprint density at radius 2 is 1.72 bits per heavy atom. The van der Waals surface area contributed by atoms with Gasteiger partial charge in [0.2, 0.25) is 17.7 Å². The van der Waals surface area contributed by atoms with Crippen LogP contribution in [0.5, 0.6) is 11.8 Å². The minimum atomic E-state index is -4.75. The molecule has 2 fully saturated rings. The molecule has 1 aliphatic heterocycles. The van der Waals surface area contributed by atoms with E-state index < -0.39 is 83.4 Å². The van der Waals surface area contributed by atoms with Crippen LogP contribution in [0.3, 0.4) is 0 Å². The Hall–Kier alpha value is -3.62. The number of carboxylic acid groups (broad SMARTS) is 1. The number of alkyl halides is 6. The molecule has 1 saturated carbocycles. The highest BCUT2D eigenvalue weighted by molar-refractivity contribution is 5.90. The highest BCUT2D eigenvalue weighted by Crippen LogP contribution is 2.59. The average Bonchev–Trinajstić information content (AvgIpc) is 3.34. The van der Waals surface area contributed by atoms with Crippen LogP contribution in [-0.2, 0) is 27.1 Å². The normalized spacial score (nSPS) is 26.3. The molecule has 2 aliphatic rings. The molecule has 1 saturated heterocycles. The topological polar surface area (TPSA) is 111 Å². The van der Waals surface area contributed by atoms with Crippen LogP contribution in [0.2, 0.25) is 0 Å². The summed E-state index contributed by atoms with van der Waals surface area (Å²) in [5.74, 6) is -7.27. The molecule has 1 aliphatic carbocycles. The van der Waals surface area contributed by atoms with Gasteiger partial charge < -0.3 is 24.2 Å². The molecule has 0 aromatic carbocycles. The van der Waals surface area contributed by atoms with Gasteiger partial charge in [0, 0.05) is 35.4 Å². The van der Waals surface area contributed by atoms with Crippen LogP contribution in [0.4, 0.5) is 26.3 Å². The number of carboxylic acids is 1. The zero-order valence-corrected chi connectivity index (χ0v) is 29.2. The van der Waals surface area contributed by atoms with Crippen molar-refractivity contribution in [1.82, 2.24) is 14.9 Å². The zero-order chi connectivity index (χ0) is 37.4. The number of pyridine rings is 2. The van der Waals surface area contributed by atoms with Crippen LogP contribution < -0.4 is 9.47 Å². The fraction of sp³-hybridized carbons (Fsp3) is 0.657. The lowest BCUT2D eigenvalue weighted by molar-refractivity contribution is -0.204. The van der Waals surface area contributed by atoms with E-state index in [1.54, 1.807) is 47.6 Å². The average molecular weight is 718 g/mol. The van der Waals surface area contributed by atoms with Gasteiger partial charge in [0.1, 0.15) is 5.54 Å². The van der Waals surface area contributed by atoms with Crippen LogP contribution in [0, 0.1) is 23.2 Å². The summed E-state index contributed by atoms with van der Waals surface area (Å²) in [4.78, 5) is 37.8. The maximum atomic E-state index is 14.9. The van der Waals surface area contributed by atoms with E-state index in [0.717, 1.165) is 11.0 Å². The van der Waals surface area contributed by atoms with Crippen molar-refractivity contribution in [1.29, 1.82) is 0 Å². The number of methoxy groups -OCH3 is 1. The number of aliphatic carboxylic acids is 1. The molecule has 9 nitrogen and oxygen atoms in total. The summed E-state index contributed by atoms with van der Waals surface area (Å²) in [6.45, 7) is 9.61. The lowest BCUT2D eigenvalue weighted by Gasteiger charge is -2.46. The minimum Gasteiger partial charge on any atom is -0.481 e. The lowest BCUT2D eigenvalue weighted by atomic mass is 9.66. The van der Waals surface area contributed by atoms with E-state index in [1.807, 2.05) is 0 Å². The van der Waals surface area contributed by atoms with Crippen LogP contribution in [-0.4, -0.2) is 62.9 Å². The first-order valence-corrected chi connectivity index (χ1v) is 16.7. The van der Waals surface area contributed by atoms with Gasteiger partial charge in [0.05, 0.1) is 43.4 Å². The van der Waals surface area contributed by atoms with Gasteiger partial charge in [0.25, 0.3) is 0 Å². The van der Waals surface area contributed by atoms with Gasteiger partial charge in [0.15, 0.2) is 0 Å². The van der Waals surface area contributed by atoms with E-state index in [4.69, 9.17) is 14.2 Å². The van der Waals surface area contributed by atoms with Crippen molar-refractivity contribution in [2.75, 3.05) is 7.11 Å². The molecule has 0 unspecified atom stereocenters. The molecule has 6 atom stereocenters. The number of nitrogens with zero attached hydrogens (tertiary/aromatic N) is 3. The molecule has 1 N–H and O–H groups in total. The van der Waals surface area contributed by atoms with Gasteiger partial charge in [-0.15, -0.1) is 0 Å². The Morgan fingerprint density at radius 3 is 2.26 bits per heavy atom. The SMILES string of the molecule is CC[C@@]1(C(=O)O)[C@@H](C(C)(C)C)[C@H](OCc2cc(C(F)(F)F)cnc2OC)[C@H](c2cccnc2OC(C)C)N1C(=O)[C@@H]1CCCC[C@H]1C(F)(F)F. The van der Waals surface area contributed by atoms with Crippen molar-refractivity contribution >= 4 is 11.9 Å². The van der Waals surface area contributed by atoms with Crippen molar-refractivity contribution in [3.05, 3.63) is 47.3 Å². The van der Waals surface area contributed by atoms with Crippen LogP contribution in [0.1, 0.15) is 96.4 Å². The number of hydrogen-bond donors (Lipinski definition) is 1. The number of likely N-dealkylation sites (tertiary alicyclic amines) is 1. The Balaban J connectivity index is 2.02. The van der Waals surface area contributed by atoms with Gasteiger partial charge in [-0.25, -0.2) is 14.8 Å². The fourth-order valence-electron chi connectivity index (χ4n) is 7.90. The maximum Gasteiger partial charge on any atom is 0.417 e. The van der Waals surface area contributed by atoms with Crippen LogP contribution >= 0.6 is 0 Å². The molecule has 3 heterocycles. The molecule has 0 bridgehead atoms. The summed E-state index contributed by atoms with van der Waals surface area (Å²) in [6.07, 6.45) is -9.20. The van der Waals surface area contributed by atoms with Crippen LogP contribution in [0.15, 0.2) is 30.6 Å². The van der Waals surface area contributed by atoms with Gasteiger partial charge in [-0.1, -0.05) is 40.5 Å². The maximum absolute atomic E-state index is 14.9. The van der Waals surface area contributed by atoms with Gasteiger partial charge >= 0.3 is 18.3 Å². The second-order valence-corrected chi connectivity index (χ2v) is 14.3. The Bertz CT molecular complexity index is 1530. The molecule has 15 heteroatoms. The predicted molar refractivity (Wildman–Crippen MR) is 169 cm³/mol. The second-order valence-electron chi connectivity index (χ2n) is 14.3. The Morgan fingerprint density at radius 1 is 1.06 bits per heavy atom. The second kappa shape index (κ2) is 14.5. The minimum absolute atomic E-state index is 0.0122. The van der Waals surface area contributed by atoms with E-state index in [9.17, 15) is 41.0 Å². The van der Waals surface area contributed by atoms with E-state index in [2.05, 4.69) is 9.97 Å². The first kappa shape index (κ1) is 39.2. The molecular weight excluding hydrogens is 672 g/mol. The number of rotatable bonds is 10. The molecule has 50 heavy (non-hydrogen) atoms. The summed E-state index contributed by atoms with van der Waals surface area (Å²) in [6, 6.07) is 2.52. The van der Waals surface area contributed by atoms with Gasteiger partial charge in [-0.3, -0.25) is 4.79 Å². The Labute approximate surface area is 287 Å². The van der Waals surface area contributed by atoms with E-state index >= 15 is 0 Å². The molecule has 0 radical (unpaired) electrons. The molecule has 1 amide bonds. The summed E-state index contributed by atoms with van der Waals surface area (Å²) in [5.41, 5.74) is -4.09. The van der Waals surface area contributed by atoms with E-state index in [-0.39, 0.29) is 48.6 Å². The molecule has 4 rings (SSSR count). The smallest absolute Gasteiger partial charge is 0.417 e. The third kappa shape index (κ3) is 7.52. The van der Waals surface area contributed by atoms with Crippen LogP contribution in [0.25, 0.3) is 0 Å². The quantitative estimate of drug-likeness (QED) is 0.246. The highest BCUT2D eigenvalue weighted by Gasteiger charge is 2.69. The third-order valence-electron chi connectivity index (χ3n) is 9.79. The standard InChI is InChI=1S/C35H45F6N3O6/c1-8-33(31(46)47)27(32(4,5)6)26(49-18-20-16-21(34(36,37)38)17-43-28(20)48-7)25(23-13-11-15-42-29(23)50-19(2)3)44(33)30(45)22-12-9-10-14-24(22)35(39,40)41/h11,13,15-17,19,22,24-27H,8-10,12,14,18H2,1-7H3,(H,46,47)/t22-,24-,25+,26-,27-,33+/m1/s1. The number of ether oxygens (including phenoxy) is 3. The summed E-state index contributed by atoms with van der Waals surface area (Å²) < 4.78 is 102. The van der Waals surface area contributed by atoms with Gasteiger partial charge in [-0.05, 0) is 56.7 Å². The number of amides is 1. The van der Waals surface area contributed by atoms with Crippen molar-refractivity contribution in [3.63, 3.8) is 0 Å². The largest absolute Gasteiger partial charge is 0.481 e. The number of carbonyl (C=O) groups is 2. The number of halogens is 6. The monoisotopic (exact) mass is 717 g/mol. The summed E-state index contributed by atoms with van der Waals surface area (Å²) in [5, 5.41) is 11.2. The number of carbonyl (C=O) groups excluding carboxylic acids is 1. The van der Waals surface area contributed by atoms with E-state index in [0.29, 0.717) is 12.6 Å². The van der Waals surface area contributed by atoms with Crippen molar-refractivity contribution in [2.24, 2.45) is 23.2 Å². The molecule has 278 valence electrons. The summed E-state index contributed by atoms with van der Waals surface area (Å²) in [7, 11) is 1.22. The Kier molecular flexibility index (Phi) is 11.4. The zero-order valence-electron chi connectivity index (χ0n) is 29.2.